The first-order chi connectivity index (χ1) is 8.66. The predicted octanol–water partition coefficient (Wildman–Crippen LogP) is 3.25. The maximum Gasteiger partial charge on any atom is 0.340 e. The number of hydrogen-bond acceptors (Lipinski definition) is 2. The van der Waals surface area contributed by atoms with Gasteiger partial charge in [0.15, 0.2) is 0 Å². The van der Waals surface area contributed by atoms with Crippen LogP contribution in [0.4, 0.5) is 16.2 Å². The van der Waals surface area contributed by atoms with Gasteiger partial charge < -0.3 is 5.32 Å². The Morgan fingerprint density at radius 2 is 1.67 bits per heavy atom. The number of para-hydroxylation sites is 1. The fraction of sp³-hybridized carbons (Fsp3) is 0. The van der Waals surface area contributed by atoms with Crippen LogP contribution in [0.25, 0.3) is 0 Å². The van der Waals surface area contributed by atoms with Crippen molar-refractivity contribution in [3.63, 3.8) is 0 Å². The highest BCUT2D eigenvalue weighted by atomic mass is 35.5. The molecule has 0 aliphatic carbocycles. The summed E-state index contributed by atoms with van der Waals surface area (Å²) in [7, 11) is 0. The van der Waals surface area contributed by atoms with Crippen molar-refractivity contribution in [2.75, 3.05) is 10.3 Å². The number of anilines is 2. The van der Waals surface area contributed by atoms with Crippen LogP contribution in [-0.2, 0) is 0 Å². The normalized spacial score (nSPS) is 9.89. The molecule has 0 fully saturated rings. The summed E-state index contributed by atoms with van der Waals surface area (Å²) < 4.78 is 0. The maximum absolute atomic E-state index is 11.9. The summed E-state index contributed by atoms with van der Waals surface area (Å²) in [6.07, 6.45) is 0. The van der Waals surface area contributed by atoms with Crippen LogP contribution in [0.3, 0.4) is 0 Å². The van der Waals surface area contributed by atoms with E-state index in [0.717, 1.165) is 5.01 Å². The zero-order chi connectivity index (χ0) is 13.0. The lowest BCUT2D eigenvalue weighted by Gasteiger charge is -2.17. The highest BCUT2D eigenvalue weighted by Gasteiger charge is 2.10. The average molecular weight is 262 g/mol. The molecule has 3 N–H and O–H groups in total. The Hall–Kier alpha value is -2.04. The second-order valence-corrected chi connectivity index (χ2v) is 4.08. The van der Waals surface area contributed by atoms with Crippen LogP contribution in [0.1, 0.15) is 0 Å². The Morgan fingerprint density at radius 3 is 2.28 bits per heavy atom. The quantitative estimate of drug-likeness (QED) is 0.495. The summed E-state index contributed by atoms with van der Waals surface area (Å²) >= 11 is 5.76. The van der Waals surface area contributed by atoms with Gasteiger partial charge in [-0.3, -0.25) is 0 Å². The fourth-order valence-electron chi connectivity index (χ4n) is 1.42. The topological polar surface area (TPSA) is 58.4 Å². The molecular formula is C13H12ClN3O. The molecule has 0 aromatic heterocycles. The van der Waals surface area contributed by atoms with Crippen LogP contribution in [0.15, 0.2) is 54.6 Å². The number of nitrogens with one attached hydrogen (secondary N) is 1. The first-order valence-electron chi connectivity index (χ1n) is 5.33. The molecule has 2 aromatic rings. The minimum Gasteiger partial charge on any atom is -0.306 e. The maximum atomic E-state index is 11.9. The van der Waals surface area contributed by atoms with Gasteiger partial charge in [0.05, 0.1) is 5.69 Å². The second kappa shape index (κ2) is 5.53. The largest absolute Gasteiger partial charge is 0.340 e. The Morgan fingerprint density at radius 1 is 1.06 bits per heavy atom. The van der Waals surface area contributed by atoms with Gasteiger partial charge >= 0.3 is 6.03 Å². The predicted molar refractivity (Wildman–Crippen MR) is 73.6 cm³/mol. The third-order valence-corrected chi connectivity index (χ3v) is 2.60. The molecule has 2 amide bonds. The van der Waals surface area contributed by atoms with E-state index in [2.05, 4.69) is 5.32 Å². The number of halogens is 1. The van der Waals surface area contributed by atoms with Crippen LogP contribution < -0.4 is 16.2 Å². The summed E-state index contributed by atoms with van der Waals surface area (Å²) in [6, 6.07) is 15.4. The number of nitrogens with two attached hydrogens (primary N) is 1. The van der Waals surface area contributed by atoms with Crippen molar-refractivity contribution in [2.45, 2.75) is 0 Å². The van der Waals surface area contributed by atoms with Gasteiger partial charge in [-0.15, -0.1) is 0 Å². The molecule has 0 unspecified atom stereocenters. The van der Waals surface area contributed by atoms with E-state index in [1.54, 1.807) is 36.4 Å². The Balaban J connectivity index is 2.06. The molecule has 18 heavy (non-hydrogen) atoms. The highest BCUT2D eigenvalue weighted by molar-refractivity contribution is 6.30. The molecule has 4 nitrogen and oxygen atoms in total. The number of urea groups is 1. The minimum atomic E-state index is -0.413. The molecule has 0 saturated carbocycles. The van der Waals surface area contributed by atoms with Crippen LogP contribution in [0.5, 0.6) is 0 Å². The average Bonchev–Trinajstić information content (AvgIpc) is 2.41. The summed E-state index contributed by atoms with van der Waals surface area (Å²) in [5.41, 5.74) is 1.25. The standard InChI is InChI=1S/C13H12ClN3O/c14-10-6-8-11(9-7-10)16-13(18)17(15)12-4-2-1-3-5-12/h1-9H,15H2,(H,16,18). The minimum absolute atomic E-state index is 0.413. The van der Waals surface area contributed by atoms with Crippen molar-refractivity contribution in [3.8, 4) is 0 Å². The van der Waals surface area contributed by atoms with E-state index in [-0.39, 0.29) is 0 Å². The van der Waals surface area contributed by atoms with Gasteiger partial charge in [0.1, 0.15) is 0 Å². The summed E-state index contributed by atoms with van der Waals surface area (Å²) in [4.78, 5) is 11.9. The van der Waals surface area contributed by atoms with Crippen molar-refractivity contribution in [1.82, 2.24) is 0 Å². The van der Waals surface area contributed by atoms with E-state index < -0.39 is 6.03 Å². The van der Waals surface area contributed by atoms with Crippen molar-refractivity contribution < 1.29 is 4.79 Å². The molecule has 2 rings (SSSR count). The van der Waals surface area contributed by atoms with Gasteiger partial charge in [-0.1, -0.05) is 29.8 Å². The molecule has 0 spiro atoms. The number of hydrogen-bond donors (Lipinski definition) is 2. The molecule has 0 aliphatic rings. The molecule has 2 aromatic carbocycles. The Kier molecular flexibility index (Phi) is 3.82. The lowest BCUT2D eigenvalue weighted by Crippen LogP contribution is -2.40. The fourth-order valence-corrected chi connectivity index (χ4v) is 1.55. The van der Waals surface area contributed by atoms with E-state index in [1.165, 1.54) is 0 Å². The van der Waals surface area contributed by atoms with Crippen molar-refractivity contribution in [3.05, 3.63) is 59.6 Å². The number of benzene rings is 2. The zero-order valence-corrected chi connectivity index (χ0v) is 10.3. The molecule has 0 radical (unpaired) electrons. The molecule has 0 atom stereocenters. The molecule has 92 valence electrons. The molecule has 0 heterocycles. The summed E-state index contributed by atoms with van der Waals surface area (Å²) in [5.74, 6) is 5.71. The van der Waals surface area contributed by atoms with Crippen molar-refractivity contribution >= 4 is 29.0 Å². The first kappa shape index (κ1) is 12.4. The third-order valence-electron chi connectivity index (χ3n) is 2.35. The number of hydrazine groups is 1. The number of amides is 2. The lowest BCUT2D eigenvalue weighted by molar-refractivity contribution is 0.257. The number of carbonyl (C=O) groups is 1. The number of rotatable bonds is 2. The molecule has 5 heteroatoms. The SMILES string of the molecule is NN(C(=O)Nc1ccc(Cl)cc1)c1ccccc1. The number of nitrogens with zero attached hydrogens (tertiary/aromatic N) is 1. The van der Waals surface area contributed by atoms with Gasteiger partial charge in [-0.05, 0) is 36.4 Å². The summed E-state index contributed by atoms with van der Waals surface area (Å²) in [6.45, 7) is 0. The smallest absolute Gasteiger partial charge is 0.306 e. The molecule has 0 aliphatic heterocycles. The van der Waals surface area contributed by atoms with E-state index in [4.69, 9.17) is 17.4 Å². The van der Waals surface area contributed by atoms with Gasteiger partial charge in [0.25, 0.3) is 0 Å². The Bertz CT molecular complexity index is 528. The van der Waals surface area contributed by atoms with Gasteiger partial charge in [-0.25, -0.2) is 15.6 Å². The third kappa shape index (κ3) is 3.00. The monoisotopic (exact) mass is 261 g/mol. The van der Waals surface area contributed by atoms with Gasteiger partial charge in [-0.2, -0.15) is 0 Å². The van der Waals surface area contributed by atoms with E-state index >= 15 is 0 Å². The van der Waals surface area contributed by atoms with Crippen molar-refractivity contribution in [2.24, 2.45) is 5.84 Å². The van der Waals surface area contributed by atoms with Crippen LogP contribution in [0, 0.1) is 0 Å². The zero-order valence-electron chi connectivity index (χ0n) is 9.51. The van der Waals surface area contributed by atoms with E-state index in [1.807, 2.05) is 18.2 Å². The Labute approximate surface area is 110 Å². The van der Waals surface area contributed by atoms with Gasteiger partial charge in [0.2, 0.25) is 0 Å². The second-order valence-electron chi connectivity index (χ2n) is 3.64. The van der Waals surface area contributed by atoms with Gasteiger partial charge in [0, 0.05) is 10.7 Å². The lowest BCUT2D eigenvalue weighted by atomic mass is 10.3. The van der Waals surface area contributed by atoms with E-state index in [0.29, 0.717) is 16.4 Å². The molecule has 0 saturated heterocycles. The molecule has 0 bridgehead atoms. The summed E-state index contributed by atoms with van der Waals surface area (Å²) in [5, 5.41) is 4.33. The number of carbonyl (C=O) groups excluding carboxylic acids is 1. The van der Waals surface area contributed by atoms with Crippen LogP contribution in [0.2, 0.25) is 5.02 Å². The first-order valence-corrected chi connectivity index (χ1v) is 5.71. The van der Waals surface area contributed by atoms with Crippen LogP contribution >= 0.6 is 11.6 Å². The highest BCUT2D eigenvalue weighted by Crippen LogP contribution is 2.15. The molecular weight excluding hydrogens is 250 g/mol. The van der Waals surface area contributed by atoms with E-state index in [9.17, 15) is 4.79 Å². The van der Waals surface area contributed by atoms with Crippen molar-refractivity contribution in [1.29, 1.82) is 0 Å². The van der Waals surface area contributed by atoms with Crippen LogP contribution in [-0.4, -0.2) is 6.03 Å².